The van der Waals surface area contributed by atoms with Crippen molar-refractivity contribution in [3.05, 3.63) is 0 Å². The fourth-order valence-electron chi connectivity index (χ4n) is 0.349. The first-order chi connectivity index (χ1) is 3.13. The van der Waals surface area contributed by atoms with Crippen LogP contribution in [-0.2, 0) is 4.79 Å². The molecule has 0 atom stereocenters. The molecule has 0 aliphatic heterocycles. The van der Waals surface area contributed by atoms with Crippen LogP contribution in [0.4, 0.5) is 0 Å². The van der Waals surface area contributed by atoms with Crippen molar-refractivity contribution in [2.75, 3.05) is 0 Å². The van der Waals surface area contributed by atoms with Crippen LogP contribution in [0.2, 0.25) is 0 Å². The molecule has 0 saturated heterocycles. The summed E-state index contributed by atoms with van der Waals surface area (Å²) in [7, 11) is 0. The van der Waals surface area contributed by atoms with Crippen LogP contribution in [-0.4, -0.2) is 40.6 Å². The Bertz CT molecular complexity index is 70.8. The second kappa shape index (κ2) is 5.60. The Morgan fingerprint density at radius 1 is 1.62 bits per heavy atom. The first-order valence-electron chi connectivity index (χ1n) is 2.34. The maximum absolute atomic E-state index is 9.81. The molecule has 0 rings (SSSR count). The summed E-state index contributed by atoms with van der Waals surface area (Å²) in [5.74, 6) is -0.438. The molecule has 0 amide bonds. The number of hydrogen-bond donors (Lipinski definition) is 1. The molecule has 0 unspecified atom stereocenters. The zero-order chi connectivity index (χ0) is 5.86. The van der Waals surface area contributed by atoms with E-state index in [9.17, 15) is 4.79 Å². The Labute approximate surface area is 71.6 Å². The smallest absolute Gasteiger partial charge is 0.303 e. The predicted molar refractivity (Wildman–Crippen MR) is 32.8 cm³/mol. The minimum absolute atomic E-state index is 0. The largest absolute Gasteiger partial charge is 0.481 e. The van der Waals surface area contributed by atoms with E-state index < -0.39 is 5.97 Å². The molecule has 0 heterocycles. The number of rotatable bonds is 2. The number of carbonyl (C=O) groups is 1. The van der Waals surface area contributed by atoms with Gasteiger partial charge in [0.05, 0.1) is 0 Å². The van der Waals surface area contributed by atoms with E-state index in [1.807, 2.05) is 13.8 Å². The summed E-state index contributed by atoms with van der Waals surface area (Å²) < 4.78 is 0. The van der Waals surface area contributed by atoms with Crippen molar-refractivity contribution >= 4 is 35.5 Å². The Morgan fingerprint density at radius 2 is 2.00 bits per heavy atom. The third-order valence-electron chi connectivity index (χ3n) is 0.583. The van der Waals surface area contributed by atoms with Gasteiger partial charge >= 0.3 is 5.97 Å². The number of carboxylic acid groups (broad SMARTS) is 1. The molecular weight excluding hydrogens is 115 g/mol. The van der Waals surface area contributed by atoms with Crippen molar-refractivity contribution in [2.45, 2.75) is 20.3 Å². The quantitative estimate of drug-likeness (QED) is 0.552. The molecule has 0 saturated carbocycles. The van der Waals surface area contributed by atoms with Gasteiger partial charge in [-0.1, -0.05) is 13.8 Å². The second-order valence-electron chi connectivity index (χ2n) is 1.99. The van der Waals surface area contributed by atoms with Gasteiger partial charge in [0.1, 0.15) is 0 Å². The molecule has 0 aromatic heterocycles. The van der Waals surface area contributed by atoms with Crippen LogP contribution in [0.3, 0.4) is 0 Å². The molecule has 0 fully saturated rings. The zero-order valence-corrected chi connectivity index (χ0v) is 7.64. The zero-order valence-electron chi connectivity index (χ0n) is 5.64. The fraction of sp³-hybridized carbons (Fsp3) is 0.800. The normalized spacial score (nSPS) is 8.38. The van der Waals surface area contributed by atoms with E-state index in [1.54, 1.807) is 0 Å². The van der Waals surface area contributed by atoms with Crippen LogP contribution >= 0.6 is 0 Å². The third kappa shape index (κ3) is 9.69. The van der Waals surface area contributed by atoms with Gasteiger partial charge in [-0.3, -0.25) is 4.79 Å². The van der Waals surface area contributed by atoms with Gasteiger partial charge < -0.3 is 5.11 Å². The first kappa shape index (κ1) is 11.3. The molecule has 0 aromatic carbocycles. The van der Waals surface area contributed by atoms with Gasteiger partial charge in [-0.15, -0.1) is 0 Å². The molecule has 43 valence electrons. The molecule has 1 N–H and O–H groups in total. The van der Waals surface area contributed by atoms with E-state index in [0.29, 0.717) is 0 Å². The molecule has 0 aromatic rings. The Kier molecular flexibility index (Phi) is 7.91. The van der Waals surface area contributed by atoms with Crippen LogP contribution in [0.5, 0.6) is 0 Å². The summed E-state index contributed by atoms with van der Waals surface area (Å²) in [5.41, 5.74) is 0. The molecule has 1 radical (unpaired) electrons. The maximum Gasteiger partial charge on any atom is 0.303 e. The van der Waals surface area contributed by atoms with Crippen molar-refractivity contribution in [1.29, 1.82) is 0 Å². The van der Waals surface area contributed by atoms with E-state index in [0.717, 1.165) is 0 Å². The van der Waals surface area contributed by atoms with Crippen LogP contribution < -0.4 is 0 Å². The number of aliphatic carboxylic acids is 1. The van der Waals surface area contributed by atoms with Crippen molar-refractivity contribution in [2.24, 2.45) is 5.92 Å². The van der Waals surface area contributed by atoms with Gasteiger partial charge in [0, 0.05) is 36.0 Å². The van der Waals surface area contributed by atoms with Gasteiger partial charge in [0.15, 0.2) is 0 Å². The molecule has 3 heteroatoms. The monoisotopic (exact) mass is 125 g/mol. The van der Waals surface area contributed by atoms with Crippen LogP contribution in [0.1, 0.15) is 20.3 Å². The summed E-state index contributed by atoms with van der Waals surface area (Å²) in [4.78, 5) is 9.81. The average Bonchev–Trinajstić information content (AvgIpc) is 1.27. The Hall–Kier alpha value is 0.470. The van der Waals surface area contributed by atoms with Gasteiger partial charge in [-0.05, 0) is 5.92 Å². The summed E-state index contributed by atoms with van der Waals surface area (Å²) in [5, 5.41) is 8.08. The minimum Gasteiger partial charge on any atom is -0.481 e. The molecule has 0 aliphatic rings. The minimum atomic E-state index is -0.713. The maximum atomic E-state index is 9.81. The van der Waals surface area contributed by atoms with Crippen molar-refractivity contribution in [3.63, 3.8) is 0 Å². The summed E-state index contributed by atoms with van der Waals surface area (Å²) in [6.07, 6.45) is 0.278. The second-order valence-corrected chi connectivity index (χ2v) is 1.99. The Balaban J connectivity index is 0. The van der Waals surface area contributed by atoms with Gasteiger partial charge in [-0.25, -0.2) is 0 Å². The van der Waals surface area contributed by atoms with Crippen LogP contribution in [0, 0.1) is 5.92 Å². The molecule has 0 spiro atoms. The molecule has 8 heavy (non-hydrogen) atoms. The molecule has 0 aliphatic carbocycles. The van der Waals surface area contributed by atoms with Crippen LogP contribution in [0.25, 0.3) is 0 Å². The van der Waals surface area contributed by atoms with Crippen molar-refractivity contribution < 1.29 is 9.90 Å². The number of carboxylic acids is 1. The summed E-state index contributed by atoms with van der Waals surface area (Å²) >= 11 is 0. The standard InChI is InChI=1S/C5H10O2.Na/c1-4(2)3-5(6)7;/h4H,3H2,1-2H3,(H,6,7);. The predicted octanol–water partition coefficient (Wildman–Crippen LogP) is 0.736. The van der Waals surface area contributed by atoms with Gasteiger partial charge in [-0.2, -0.15) is 0 Å². The fourth-order valence-corrected chi connectivity index (χ4v) is 0.349. The average molecular weight is 125 g/mol. The summed E-state index contributed by atoms with van der Waals surface area (Å²) in [6, 6.07) is 0. The van der Waals surface area contributed by atoms with E-state index >= 15 is 0 Å². The molecule has 0 bridgehead atoms. The Morgan fingerprint density at radius 3 is 2.00 bits per heavy atom. The molecule has 2 nitrogen and oxygen atoms in total. The SMILES string of the molecule is CC(C)CC(=O)O.[Na]. The van der Waals surface area contributed by atoms with E-state index in [1.165, 1.54) is 0 Å². The third-order valence-corrected chi connectivity index (χ3v) is 0.583. The number of hydrogen-bond acceptors (Lipinski definition) is 1. The van der Waals surface area contributed by atoms with Crippen molar-refractivity contribution in [1.82, 2.24) is 0 Å². The van der Waals surface area contributed by atoms with Gasteiger partial charge in [0.2, 0.25) is 0 Å². The summed E-state index contributed by atoms with van der Waals surface area (Å²) in [6.45, 7) is 3.77. The van der Waals surface area contributed by atoms with E-state index in [2.05, 4.69) is 0 Å². The first-order valence-corrected chi connectivity index (χ1v) is 2.34. The van der Waals surface area contributed by atoms with E-state index in [-0.39, 0.29) is 41.9 Å². The topological polar surface area (TPSA) is 37.3 Å². The van der Waals surface area contributed by atoms with Crippen LogP contribution in [0.15, 0.2) is 0 Å². The van der Waals surface area contributed by atoms with Crippen molar-refractivity contribution in [3.8, 4) is 0 Å². The molecular formula is C5H10NaO2. The van der Waals surface area contributed by atoms with Gasteiger partial charge in [0.25, 0.3) is 0 Å². The van der Waals surface area contributed by atoms with E-state index in [4.69, 9.17) is 5.11 Å².